The van der Waals surface area contributed by atoms with Crippen molar-refractivity contribution in [2.24, 2.45) is 0 Å². The molecule has 0 atom stereocenters. The van der Waals surface area contributed by atoms with Gasteiger partial charge in [0.25, 0.3) is 0 Å². The Morgan fingerprint density at radius 1 is 1.19 bits per heavy atom. The number of amides is 1. The Labute approximate surface area is 169 Å². The van der Waals surface area contributed by atoms with Crippen LogP contribution in [0.2, 0.25) is 10.0 Å². The highest BCUT2D eigenvalue weighted by atomic mass is 35.5. The van der Waals surface area contributed by atoms with E-state index in [2.05, 4.69) is 15.6 Å². The minimum absolute atomic E-state index is 0.184. The van der Waals surface area contributed by atoms with Crippen molar-refractivity contribution < 1.29 is 9.21 Å². The van der Waals surface area contributed by atoms with Crippen LogP contribution in [0, 0.1) is 0 Å². The van der Waals surface area contributed by atoms with Crippen molar-refractivity contribution in [2.75, 3.05) is 11.2 Å². The van der Waals surface area contributed by atoms with Crippen molar-refractivity contribution in [1.29, 1.82) is 0 Å². The number of hydrogen-bond donors (Lipinski definition) is 2. The first-order chi connectivity index (χ1) is 12.5. The SMILES string of the molecule is O=C(CCCl)NC(=S)Nc1ccc2oc(-c3ccc(Cl)cc3Cl)nc2c1. The summed E-state index contributed by atoms with van der Waals surface area (Å²) < 4.78 is 5.75. The number of rotatable bonds is 4. The van der Waals surface area contributed by atoms with Gasteiger partial charge in [-0.3, -0.25) is 4.79 Å². The Balaban J connectivity index is 1.81. The van der Waals surface area contributed by atoms with Crippen LogP contribution in [0.1, 0.15) is 6.42 Å². The molecular weight excluding hydrogens is 417 g/mol. The van der Waals surface area contributed by atoms with E-state index in [0.717, 1.165) is 0 Å². The average Bonchev–Trinajstić information content (AvgIpc) is 2.97. The van der Waals surface area contributed by atoms with E-state index in [-0.39, 0.29) is 23.3 Å². The Kier molecular flexibility index (Phi) is 5.98. The highest BCUT2D eigenvalue weighted by molar-refractivity contribution is 7.80. The summed E-state index contributed by atoms with van der Waals surface area (Å²) in [6.07, 6.45) is 0.191. The normalized spacial score (nSPS) is 10.7. The van der Waals surface area contributed by atoms with Crippen molar-refractivity contribution >= 4 is 74.8 Å². The smallest absolute Gasteiger partial charge is 0.228 e. The second kappa shape index (κ2) is 8.22. The lowest BCUT2D eigenvalue weighted by Gasteiger charge is -2.08. The first kappa shape index (κ1) is 18.9. The summed E-state index contributed by atoms with van der Waals surface area (Å²) in [5.74, 6) is 0.367. The molecule has 9 heteroatoms. The molecule has 1 aromatic heterocycles. The fourth-order valence-corrected chi connectivity index (χ4v) is 3.11. The molecule has 0 saturated carbocycles. The molecule has 0 aliphatic carbocycles. The number of alkyl halides is 1. The summed E-state index contributed by atoms with van der Waals surface area (Å²) in [5.41, 5.74) is 2.51. The monoisotopic (exact) mass is 427 g/mol. The van der Waals surface area contributed by atoms with Gasteiger partial charge in [-0.05, 0) is 48.6 Å². The quantitative estimate of drug-likeness (QED) is 0.439. The summed E-state index contributed by atoms with van der Waals surface area (Å²) in [7, 11) is 0. The van der Waals surface area contributed by atoms with Gasteiger partial charge in [-0.2, -0.15) is 0 Å². The molecule has 0 saturated heterocycles. The number of nitrogens with zero attached hydrogens (tertiary/aromatic N) is 1. The highest BCUT2D eigenvalue weighted by Gasteiger charge is 2.13. The summed E-state index contributed by atoms with van der Waals surface area (Å²) in [5, 5.41) is 6.63. The molecule has 0 spiro atoms. The number of halogens is 3. The number of carbonyl (C=O) groups is 1. The van der Waals surface area contributed by atoms with E-state index >= 15 is 0 Å². The maximum Gasteiger partial charge on any atom is 0.228 e. The van der Waals surface area contributed by atoms with Crippen molar-refractivity contribution in [3.05, 3.63) is 46.4 Å². The van der Waals surface area contributed by atoms with Crippen LogP contribution < -0.4 is 10.6 Å². The number of aromatic nitrogens is 1. The summed E-state index contributed by atoms with van der Waals surface area (Å²) in [6.45, 7) is 0. The maximum absolute atomic E-state index is 11.5. The molecule has 1 amide bonds. The third-order valence-electron chi connectivity index (χ3n) is 3.38. The largest absolute Gasteiger partial charge is 0.436 e. The van der Waals surface area contributed by atoms with Crippen LogP contribution in [0.4, 0.5) is 5.69 Å². The first-order valence-electron chi connectivity index (χ1n) is 7.49. The first-order valence-corrected chi connectivity index (χ1v) is 9.19. The number of benzene rings is 2. The molecule has 134 valence electrons. The van der Waals surface area contributed by atoms with Gasteiger partial charge in [0.05, 0.1) is 10.6 Å². The maximum atomic E-state index is 11.5. The van der Waals surface area contributed by atoms with Gasteiger partial charge in [0.15, 0.2) is 10.7 Å². The number of fused-ring (bicyclic) bond motifs is 1. The second-order valence-electron chi connectivity index (χ2n) is 5.27. The van der Waals surface area contributed by atoms with Gasteiger partial charge < -0.3 is 15.1 Å². The lowest BCUT2D eigenvalue weighted by molar-refractivity contribution is -0.119. The number of thiocarbonyl (C=S) groups is 1. The number of anilines is 1. The van der Waals surface area contributed by atoms with Crippen molar-refractivity contribution in [2.45, 2.75) is 6.42 Å². The second-order valence-corrected chi connectivity index (χ2v) is 6.90. The van der Waals surface area contributed by atoms with Gasteiger partial charge in [-0.25, -0.2) is 4.98 Å². The summed E-state index contributed by atoms with van der Waals surface area (Å²) >= 11 is 22.7. The van der Waals surface area contributed by atoms with E-state index in [1.807, 2.05) is 0 Å². The topological polar surface area (TPSA) is 67.2 Å². The number of hydrogen-bond acceptors (Lipinski definition) is 4. The van der Waals surface area contributed by atoms with Gasteiger partial charge in [-0.1, -0.05) is 23.2 Å². The molecular formula is C17H12Cl3N3O2S. The Morgan fingerprint density at radius 3 is 2.73 bits per heavy atom. The van der Waals surface area contributed by atoms with Gasteiger partial charge >= 0.3 is 0 Å². The van der Waals surface area contributed by atoms with Gasteiger partial charge in [0, 0.05) is 23.0 Å². The van der Waals surface area contributed by atoms with E-state index in [9.17, 15) is 4.79 Å². The zero-order valence-electron chi connectivity index (χ0n) is 13.2. The molecule has 0 bridgehead atoms. The molecule has 0 aliphatic heterocycles. The van der Waals surface area contributed by atoms with E-state index in [4.69, 9.17) is 51.4 Å². The van der Waals surface area contributed by atoms with E-state index in [1.165, 1.54) is 0 Å². The van der Waals surface area contributed by atoms with Crippen LogP contribution in [0.3, 0.4) is 0 Å². The molecule has 2 aromatic carbocycles. The molecule has 2 N–H and O–H groups in total. The minimum Gasteiger partial charge on any atom is -0.436 e. The number of carbonyl (C=O) groups excluding carboxylic acids is 1. The third-order valence-corrected chi connectivity index (χ3v) is 4.32. The Bertz CT molecular complexity index is 991. The predicted molar refractivity (Wildman–Crippen MR) is 109 cm³/mol. The molecule has 0 unspecified atom stereocenters. The fourth-order valence-electron chi connectivity index (χ4n) is 2.22. The van der Waals surface area contributed by atoms with Gasteiger partial charge in [0.2, 0.25) is 11.8 Å². The zero-order valence-corrected chi connectivity index (χ0v) is 16.3. The van der Waals surface area contributed by atoms with Gasteiger partial charge in [0.1, 0.15) is 5.52 Å². The molecule has 0 fully saturated rings. The summed E-state index contributed by atoms with van der Waals surface area (Å²) in [6, 6.07) is 10.4. The Morgan fingerprint density at radius 2 is 2.00 bits per heavy atom. The van der Waals surface area contributed by atoms with Crippen molar-refractivity contribution in [3.63, 3.8) is 0 Å². The molecule has 0 aliphatic rings. The van der Waals surface area contributed by atoms with E-state index < -0.39 is 0 Å². The molecule has 26 heavy (non-hydrogen) atoms. The van der Waals surface area contributed by atoms with E-state index in [0.29, 0.717) is 38.3 Å². The molecule has 1 heterocycles. The fraction of sp³-hybridized carbons (Fsp3) is 0.118. The van der Waals surface area contributed by atoms with Crippen LogP contribution in [-0.4, -0.2) is 21.9 Å². The lowest BCUT2D eigenvalue weighted by atomic mass is 10.2. The van der Waals surface area contributed by atoms with Crippen LogP contribution in [0.25, 0.3) is 22.6 Å². The zero-order chi connectivity index (χ0) is 18.7. The summed E-state index contributed by atoms with van der Waals surface area (Å²) in [4.78, 5) is 15.9. The van der Waals surface area contributed by atoms with Crippen molar-refractivity contribution in [3.8, 4) is 11.5 Å². The Hall–Kier alpha value is -1.86. The minimum atomic E-state index is -0.250. The number of nitrogens with one attached hydrogen (secondary N) is 2. The predicted octanol–water partition coefficient (Wildman–Crippen LogP) is 5.24. The highest BCUT2D eigenvalue weighted by Crippen LogP contribution is 2.32. The molecule has 5 nitrogen and oxygen atoms in total. The van der Waals surface area contributed by atoms with Gasteiger partial charge in [-0.15, -0.1) is 11.6 Å². The standard InChI is InChI=1S/C17H12Cl3N3O2S/c18-6-5-15(24)23-17(26)21-10-2-4-14-13(8-10)22-16(25-14)11-3-1-9(19)7-12(11)20/h1-4,7-8H,5-6H2,(H2,21,23,24,26). The van der Waals surface area contributed by atoms with Crippen LogP contribution in [0.15, 0.2) is 40.8 Å². The molecule has 0 radical (unpaired) electrons. The van der Waals surface area contributed by atoms with Crippen LogP contribution >= 0.6 is 47.0 Å². The van der Waals surface area contributed by atoms with Crippen LogP contribution in [-0.2, 0) is 4.79 Å². The van der Waals surface area contributed by atoms with E-state index in [1.54, 1.807) is 36.4 Å². The third kappa shape index (κ3) is 4.45. The number of oxazole rings is 1. The van der Waals surface area contributed by atoms with Crippen LogP contribution in [0.5, 0.6) is 0 Å². The molecule has 3 rings (SSSR count). The lowest BCUT2D eigenvalue weighted by Crippen LogP contribution is -2.34. The molecule has 3 aromatic rings. The average molecular weight is 429 g/mol. The van der Waals surface area contributed by atoms with Crippen molar-refractivity contribution in [1.82, 2.24) is 10.3 Å².